The second kappa shape index (κ2) is 13.7. The summed E-state index contributed by atoms with van der Waals surface area (Å²) >= 11 is 0. The van der Waals surface area contributed by atoms with Crippen LogP contribution in [0, 0.1) is 0 Å². The summed E-state index contributed by atoms with van der Waals surface area (Å²) in [5.74, 6) is 1.83. The first kappa shape index (κ1) is 30.9. The molecule has 0 saturated heterocycles. The first-order valence-corrected chi connectivity index (χ1v) is 17.2. The molecule has 0 amide bonds. The number of rotatable bonds is 7. The Labute approximate surface area is 302 Å². The van der Waals surface area contributed by atoms with E-state index in [-0.39, 0.29) is 0 Å². The maximum Gasteiger partial charge on any atom is 0.164 e. The lowest BCUT2D eigenvalue weighted by Crippen LogP contribution is -2.00. The van der Waals surface area contributed by atoms with Gasteiger partial charge in [-0.25, -0.2) is 19.9 Å². The Balaban J connectivity index is 1.20. The predicted octanol–water partition coefficient (Wildman–Crippen LogP) is 11.5. The van der Waals surface area contributed by atoms with Crippen LogP contribution >= 0.6 is 0 Å². The number of hydrogen-bond acceptors (Lipinski definition) is 5. The van der Waals surface area contributed by atoms with Crippen LogP contribution in [-0.2, 0) is 0 Å². The lowest BCUT2D eigenvalue weighted by Gasteiger charge is -2.13. The highest BCUT2D eigenvalue weighted by molar-refractivity contribution is 5.96. The maximum absolute atomic E-state index is 5.07. The molecule has 244 valence electrons. The van der Waals surface area contributed by atoms with Gasteiger partial charge in [-0.05, 0) is 52.9 Å². The van der Waals surface area contributed by atoms with Crippen LogP contribution < -0.4 is 0 Å². The van der Waals surface area contributed by atoms with Gasteiger partial charge in [0.2, 0.25) is 0 Å². The molecule has 9 rings (SSSR count). The molecule has 0 fully saturated rings. The highest BCUT2D eigenvalue weighted by Crippen LogP contribution is 2.36. The number of nitrogens with zero attached hydrogens (tertiary/aromatic N) is 5. The van der Waals surface area contributed by atoms with E-state index in [1.54, 1.807) is 0 Å². The van der Waals surface area contributed by atoms with Crippen molar-refractivity contribution in [3.05, 3.63) is 188 Å². The summed E-state index contributed by atoms with van der Waals surface area (Å²) in [5, 5.41) is 2.21. The van der Waals surface area contributed by atoms with E-state index >= 15 is 0 Å². The molecule has 9 aromatic rings. The van der Waals surface area contributed by atoms with Crippen LogP contribution in [0.25, 0.3) is 89.8 Å². The van der Waals surface area contributed by atoms with Crippen molar-refractivity contribution >= 4 is 10.8 Å². The van der Waals surface area contributed by atoms with E-state index in [0.29, 0.717) is 17.5 Å². The quantitative estimate of drug-likeness (QED) is 0.169. The summed E-state index contributed by atoms with van der Waals surface area (Å²) in [6.07, 6.45) is 1.87. The molecule has 0 aliphatic carbocycles. The van der Waals surface area contributed by atoms with Crippen LogP contribution in [0.5, 0.6) is 0 Å². The van der Waals surface area contributed by atoms with Gasteiger partial charge < -0.3 is 0 Å². The first-order chi connectivity index (χ1) is 25.7. The normalized spacial score (nSPS) is 11.1. The zero-order valence-corrected chi connectivity index (χ0v) is 28.1. The van der Waals surface area contributed by atoms with Gasteiger partial charge in [0, 0.05) is 45.0 Å². The number of fused-ring (bicyclic) bond motifs is 1. The minimum atomic E-state index is 0.592. The van der Waals surface area contributed by atoms with Crippen molar-refractivity contribution in [2.75, 3.05) is 0 Å². The van der Waals surface area contributed by atoms with Gasteiger partial charge in [0.15, 0.2) is 17.5 Å². The second-order valence-electron chi connectivity index (χ2n) is 12.6. The Morgan fingerprint density at radius 2 is 0.769 bits per heavy atom. The molecule has 52 heavy (non-hydrogen) atoms. The monoisotopic (exact) mass is 665 g/mol. The molecule has 0 bridgehead atoms. The molecule has 5 nitrogen and oxygen atoms in total. The average molecular weight is 666 g/mol. The summed E-state index contributed by atoms with van der Waals surface area (Å²) in [7, 11) is 0. The summed E-state index contributed by atoms with van der Waals surface area (Å²) in [6.45, 7) is 0. The Kier molecular flexibility index (Phi) is 8.12. The number of pyridine rings is 2. The van der Waals surface area contributed by atoms with E-state index in [4.69, 9.17) is 24.9 Å². The van der Waals surface area contributed by atoms with E-state index in [0.717, 1.165) is 72.4 Å². The lowest BCUT2D eigenvalue weighted by atomic mass is 9.95. The molecule has 5 heteroatoms. The van der Waals surface area contributed by atoms with Crippen LogP contribution in [0.15, 0.2) is 188 Å². The fourth-order valence-electron chi connectivity index (χ4n) is 6.55. The average Bonchev–Trinajstić information content (AvgIpc) is 3.24. The number of hydrogen-bond donors (Lipinski definition) is 0. The van der Waals surface area contributed by atoms with Crippen LogP contribution in [0.1, 0.15) is 0 Å². The topological polar surface area (TPSA) is 64.5 Å². The highest BCUT2D eigenvalue weighted by atomic mass is 15.0. The second-order valence-corrected chi connectivity index (χ2v) is 12.6. The van der Waals surface area contributed by atoms with Gasteiger partial charge in [0.05, 0.1) is 17.1 Å². The van der Waals surface area contributed by atoms with Crippen molar-refractivity contribution in [1.82, 2.24) is 24.9 Å². The number of aromatic nitrogens is 5. The van der Waals surface area contributed by atoms with E-state index in [1.807, 2.05) is 91.1 Å². The van der Waals surface area contributed by atoms with Gasteiger partial charge in [-0.2, -0.15) is 0 Å². The summed E-state index contributed by atoms with van der Waals surface area (Å²) in [5.41, 5.74) is 10.7. The van der Waals surface area contributed by atoms with Crippen LogP contribution in [0.4, 0.5) is 0 Å². The minimum Gasteiger partial charge on any atom is -0.256 e. The zero-order valence-electron chi connectivity index (χ0n) is 28.1. The van der Waals surface area contributed by atoms with Gasteiger partial charge in [0.1, 0.15) is 0 Å². The molecule has 0 saturated carbocycles. The Hall–Kier alpha value is -7.11. The standard InChI is InChI=1S/C47H31N5/c1-4-14-34(15-5-1)42-21-12-22-43(49-42)35-25-23-32(24-26-35)38-29-39(44-41-20-11-10-13-33(41)27-28-48-44)31-40(30-38)47-51-45(36-16-6-2-7-17-36)50-46(52-47)37-18-8-3-9-19-37/h1-31H. The summed E-state index contributed by atoms with van der Waals surface area (Å²) < 4.78 is 0. The van der Waals surface area contributed by atoms with Gasteiger partial charge in [-0.1, -0.05) is 146 Å². The van der Waals surface area contributed by atoms with E-state index in [9.17, 15) is 0 Å². The van der Waals surface area contributed by atoms with Crippen LogP contribution in [0.3, 0.4) is 0 Å². The third-order valence-corrected chi connectivity index (χ3v) is 9.17. The predicted molar refractivity (Wildman–Crippen MR) is 211 cm³/mol. The van der Waals surface area contributed by atoms with E-state index in [1.165, 1.54) is 0 Å². The van der Waals surface area contributed by atoms with E-state index in [2.05, 4.69) is 97.1 Å². The highest BCUT2D eigenvalue weighted by Gasteiger charge is 2.16. The molecule has 0 aliphatic heterocycles. The smallest absolute Gasteiger partial charge is 0.164 e. The molecule has 3 heterocycles. The Bertz CT molecular complexity index is 2600. The third kappa shape index (κ3) is 6.23. The summed E-state index contributed by atoms with van der Waals surface area (Å²) in [6, 6.07) is 62.1. The lowest BCUT2D eigenvalue weighted by molar-refractivity contribution is 1.07. The number of benzene rings is 6. The Morgan fingerprint density at radius 1 is 0.288 bits per heavy atom. The van der Waals surface area contributed by atoms with Gasteiger partial charge in [-0.15, -0.1) is 0 Å². The van der Waals surface area contributed by atoms with Crippen molar-refractivity contribution in [2.24, 2.45) is 0 Å². The van der Waals surface area contributed by atoms with Crippen molar-refractivity contribution in [3.8, 4) is 79.1 Å². The molecule has 0 unspecified atom stereocenters. The van der Waals surface area contributed by atoms with Crippen molar-refractivity contribution in [3.63, 3.8) is 0 Å². The van der Waals surface area contributed by atoms with E-state index < -0.39 is 0 Å². The van der Waals surface area contributed by atoms with Crippen LogP contribution in [-0.4, -0.2) is 24.9 Å². The molecule has 3 aromatic heterocycles. The van der Waals surface area contributed by atoms with Gasteiger partial charge >= 0.3 is 0 Å². The maximum atomic E-state index is 5.07. The van der Waals surface area contributed by atoms with Crippen molar-refractivity contribution in [2.45, 2.75) is 0 Å². The summed E-state index contributed by atoms with van der Waals surface area (Å²) in [4.78, 5) is 25.0. The molecule has 0 radical (unpaired) electrons. The largest absolute Gasteiger partial charge is 0.256 e. The molecule has 0 spiro atoms. The van der Waals surface area contributed by atoms with Crippen molar-refractivity contribution < 1.29 is 0 Å². The minimum absolute atomic E-state index is 0.592. The Morgan fingerprint density at radius 3 is 1.40 bits per heavy atom. The molecule has 0 aliphatic rings. The van der Waals surface area contributed by atoms with Gasteiger partial charge in [0.25, 0.3) is 0 Å². The first-order valence-electron chi connectivity index (χ1n) is 17.2. The van der Waals surface area contributed by atoms with Crippen LogP contribution in [0.2, 0.25) is 0 Å². The molecular weight excluding hydrogens is 635 g/mol. The fraction of sp³-hybridized carbons (Fsp3) is 0. The zero-order chi connectivity index (χ0) is 34.7. The molecule has 0 N–H and O–H groups in total. The fourth-order valence-corrected chi connectivity index (χ4v) is 6.55. The molecule has 0 atom stereocenters. The van der Waals surface area contributed by atoms with Crippen molar-refractivity contribution in [1.29, 1.82) is 0 Å². The third-order valence-electron chi connectivity index (χ3n) is 9.17. The van der Waals surface area contributed by atoms with Gasteiger partial charge in [-0.3, -0.25) is 4.98 Å². The molecular formula is C47H31N5. The SMILES string of the molecule is c1ccc(-c2cccc(-c3ccc(-c4cc(-c5nc(-c6ccccc6)nc(-c6ccccc6)n5)cc(-c5nccc6ccccc56)c4)cc3)n2)cc1. The molecule has 6 aromatic carbocycles.